The number of benzene rings is 1. The number of carbonyl (C=O) groups excluding carboxylic acids is 1. The van der Waals surface area contributed by atoms with Crippen molar-refractivity contribution in [3.63, 3.8) is 0 Å². The summed E-state index contributed by atoms with van der Waals surface area (Å²) in [4.78, 5) is 11.9. The molecule has 0 aliphatic carbocycles. The lowest BCUT2D eigenvalue weighted by Crippen LogP contribution is -2.23. The van der Waals surface area contributed by atoms with Crippen LogP contribution in [0.5, 0.6) is 0 Å². The van der Waals surface area contributed by atoms with Gasteiger partial charge in [0, 0.05) is 17.2 Å². The maximum atomic E-state index is 12.4. The number of halogens is 3. The van der Waals surface area contributed by atoms with Crippen molar-refractivity contribution in [2.75, 3.05) is 12.3 Å². The summed E-state index contributed by atoms with van der Waals surface area (Å²) in [5.74, 6) is 0.272. The summed E-state index contributed by atoms with van der Waals surface area (Å²) in [6.45, 7) is 0.472. The van der Waals surface area contributed by atoms with Crippen LogP contribution in [0.3, 0.4) is 0 Å². The third-order valence-electron chi connectivity index (χ3n) is 2.20. The van der Waals surface area contributed by atoms with Gasteiger partial charge < -0.3 is 5.32 Å². The Hall–Kier alpha value is -1.17. The standard InChI is InChI=1S/C10H8F3NOS/c11-10(12,13)6-1-2-7-8(5-6)16-4-3-14-9(7)15/h1-2,5H,3-4H2,(H,14,15). The third kappa shape index (κ3) is 2.16. The quantitative estimate of drug-likeness (QED) is 0.763. The Balaban J connectivity index is 2.45. The normalized spacial score (nSPS) is 16.3. The fourth-order valence-corrected chi connectivity index (χ4v) is 2.38. The van der Waals surface area contributed by atoms with E-state index in [1.807, 2.05) is 0 Å². The molecule has 0 saturated heterocycles. The van der Waals surface area contributed by atoms with Crippen molar-refractivity contribution in [3.05, 3.63) is 29.3 Å². The smallest absolute Gasteiger partial charge is 0.351 e. The van der Waals surface area contributed by atoms with Gasteiger partial charge in [0.2, 0.25) is 0 Å². The van der Waals surface area contributed by atoms with Gasteiger partial charge in [-0.3, -0.25) is 4.79 Å². The molecule has 1 heterocycles. The number of thioether (sulfide) groups is 1. The van der Waals surface area contributed by atoms with Crippen LogP contribution in [0.4, 0.5) is 13.2 Å². The number of nitrogens with one attached hydrogen (secondary N) is 1. The summed E-state index contributed by atoms with van der Waals surface area (Å²) >= 11 is 1.26. The Morgan fingerprint density at radius 1 is 1.31 bits per heavy atom. The van der Waals surface area contributed by atoms with Crippen LogP contribution in [0.1, 0.15) is 15.9 Å². The van der Waals surface area contributed by atoms with E-state index in [0.29, 0.717) is 22.8 Å². The first-order valence-corrected chi connectivity index (χ1v) is 5.59. The van der Waals surface area contributed by atoms with Crippen molar-refractivity contribution >= 4 is 17.7 Å². The fourth-order valence-electron chi connectivity index (χ4n) is 1.43. The van der Waals surface area contributed by atoms with Crippen LogP contribution in [0.25, 0.3) is 0 Å². The van der Waals surface area contributed by atoms with E-state index >= 15 is 0 Å². The van der Waals surface area contributed by atoms with E-state index in [9.17, 15) is 18.0 Å². The first-order chi connectivity index (χ1) is 7.48. The summed E-state index contributed by atoms with van der Waals surface area (Å²) in [5, 5.41) is 2.62. The van der Waals surface area contributed by atoms with E-state index in [4.69, 9.17) is 0 Å². The highest BCUT2D eigenvalue weighted by molar-refractivity contribution is 7.99. The predicted octanol–water partition coefficient (Wildman–Crippen LogP) is 2.54. The maximum absolute atomic E-state index is 12.4. The minimum Gasteiger partial charge on any atom is -0.351 e. The topological polar surface area (TPSA) is 29.1 Å². The van der Waals surface area contributed by atoms with E-state index in [1.54, 1.807) is 0 Å². The second-order valence-corrected chi connectivity index (χ2v) is 4.45. The molecular formula is C10H8F3NOS. The molecule has 1 aliphatic rings. The lowest BCUT2D eigenvalue weighted by molar-refractivity contribution is -0.137. The number of amides is 1. The van der Waals surface area contributed by atoms with Crippen LogP contribution in [-0.4, -0.2) is 18.2 Å². The van der Waals surface area contributed by atoms with E-state index in [1.165, 1.54) is 17.8 Å². The molecule has 2 rings (SSSR count). The van der Waals surface area contributed by atoms with Crippen LogP contribution in [0.15, 0.2) is 23.1 Å². The molecule has 0 spiro atoms. The highest BCUT2D eigenvalue weighted by Gasteiger charge is 2.31. The molecule has 0 saturated carbocycles. The SMILES string of the molecule is O=C1NCCSc2cc(C(F)(F)F)ccc21. The molecule has 0 unspecified atom stereocenters. The molecule has 1 aromatic rings. The van der Waals surface area contributed by atoms with Gasteiger partial charge in [0.25, 0.3) is 5.91 Å². The van der Waals surface area contributed by atoms with E-state index in [0.717, 1.165) is 12.1 Å². The van der Waals surface area contributed by atoms with Gasteiger partial charge in [0.1, 0.15) is 0 Å². The van der Waals surface area contributed by atoms with E-state index in [-0.39, 0.29) is 5.91 Å². The molecule has 0 aromatic heterocycles. The number of carbonyl (C=O) groups is 1. The first-order valence-electron chi connectivity index (χ1n) is 4.61. The number of fused-ring (bicyclic) bond motifs is 1. The number of hydrogen-bond acceptors (Lipinski definition) is 2. The molecule has 16 heavy (non-hydrogen) atoms. The highest BCUT2D eigenvalue weighted by Crippen LogP contribution is 2.34. The summed E-state index contributed by atoms with van der Waals surface area (Å²) in [6.07, 6.45) is -4.36. The second kappa shape index (κ2) is 4.01. The first kappa shape index (κ1) is 11.3. The van der Waals surface area contributed by atoms with Crippen molar-refractivity contribution in [2.24, 2.45) is 0 Å². The number of alkyl halides is 3. The molecule has 86 valence electrons. The monoisotopic (exact) mass is 247 g/mol. The molecule has 1 aromatic carbocycles. The molecule has 0 atom stereocenters. The minimum atomic E-state index is -4.36. The molecule has 2 nitrogen and oxygen atoms in total. The van der Waals surface area contributed by atoms with Crippen LogP contribution in [0.2, 0.25) is 0 Å². The lowest BCUT2D eigenvalue weighted by Gasteiger charge is -2.09. The average Bonchev–Trinajstić information content (AvgIpc) is 2.39. The molecule has 0 radical (unpaired) electrons. The van der Waals surface area contributed by atoms with Crippen molar-refractivity contribution in [3.8, 4) is 0 Å². The number of rotatable bonds is 0. The second-order valence-electron chi connectivity index (χ2n) is 3.31. The minimum absolute atomic E-state index is 0.311. The zero-order valence-electron chi connectivity index (χ0n) is 8.10. The summed E-state index contributed by atoms with van der Waals surface area (Å²) in [7, 11) is 0. The van der Waals surface area contributed by atoms with Gasteiger partial charge in [-0.05, 0) is 18.2 Å². The van der Waals surface area contributed by atoms with Gasteiger partial charge in [-0.15, -0.1) is 11.8 Å². The maximum Gasteiger partial charge on any atom is 0.416 e. The Morgan fingerprint density at radius 2 is 2.06 bits per heavy atom. The predicted molar refractivity (Wildman–Crippen MR) is 54.5 cm³/mol. The van der Waals surface area contributed by atoms with Gasteiger partial charge in [0.15, 0.2) is 0 Å². The van der Waals surface area contributed by atoms with Gasteiger partial charge >= 0.3 is 6.18 Å². The summed E-state index contributed by atoms with van der Waals surface area (Å²) in [5.41, 5.74) is -0.399. The van der Waals surface area contributed by atoms with E-state index in [2.05, 4.69) is 5.32 Å². The zero-order valence-corrected chi connectivity index (χ0v) is 8.91. The van der Waals surface area contributed by atoms with E-state index < -0.39 is 11.7 Å². The Labute approximate surface area is 94.2 Å². The number of hydrogen-bond donors (Lipinski definition) is 1. The molecular weight excluding hydrogens is 239 g/mol. The van der Waals surface area contributed by atoms with Crippen molar-refractivity contribution in [1.29, 1.82) is 0 Å². The van der Waals surface area contributed by atoms with Crippen LogP contribution in [-0.2, 0) is 6.18 Å². The van der Waals surface area contributed by atoms with Gasteiger partial charge in [-0.25, -0.2) is 0 Å². The third-order valence-corrected chi connectivity index (χ3v) is 3.26. The lowest BCUT2D eigenvalue weighted by atomic mass is 10.1. The van der Waals surface area contributed by atoms with Gasteiger partial charge in [0.05, 0.1) is 11.1 Å². The summed E-state index contributed by atoms with van der Waals surface area (Å²) < 4.78 is 37.3. The Morgan fingerprint density at radius 3 is 2.75 bits per heavy atom. The van der Waals surface area contributed by atoms with Crippen LogP contribution in [0, 0.1) is 0 Å². The van der Waals surface area contributed by atoms with Crippen LogP contribution >= 0.6 is 11.8 Å². The molecule has 0 bridgehead atoms. The Bertz CT molecular complexity index is 431. The molecule has 1 aliphatic heterocycles. The van der Waals surface area contributed by atoms with Crippen molar-refractivity contribution < 1.29 is 18.0 Å². The fraction of sp³-hybridized carbons (Fsp3) is 0.300. The molecule has 1 amide bonds. The molecule has 1 N–H and O–H groups in total. The molecule has 0 fully saturated rings. The summed E-state index contributed by atoms with van der Waals surface area (Å²) in [6, 6.07) is 3.20. The van der Waals surface area contributed by atoms with Gasteiger partial charge in [-0.1, -0.05) is 0 Å². The Kier molecular flexibility index (Phi) is 2.84. The zero-order chi connectivity index (χ0) is 11.8. The van der Waals surface area contributed by atoms with Crippen LogP contribution < -0.4 is 5.32 Å². The van der Waals surface area contributed by atoms with Gasteiger partial charge in [-0.2, -0.15) is 13.2 Å². The molecule has 6 heteroatoms. The van der Waals surface area contributed by atoms with Crippen molar-refractivity contribution in [2.45, 2.75) is 11.1 Å². The van der Waals surface area contributed by atoms with Crippen molar-refractivity contribution in [1.82, 2.24) is 5.32 Å². The largest absolute Gasteiger partial charge is 0.416 e. The highest BCUT2D eigenvalue weighted by atomic mass is 32.2. The average molecular weight is 247 g/mol.